The van der Waals surface area contributed by atoms with Gasteiger partial charge in [-0.1, -0.05) is 6.07 Å². The highest BCUT2D eigenvalue weighted by molar-refractivity contribution is 5.37. The van der Waals surface area contributed by atoms with Crippen molar-refractivity contribution in [2.45, 2.75) is 25.0 Å². The third-order valence-corrected chi connectivity index (χ3v) is 2.85. The normalized spacial score (nSPS) is 25.9. The van der Waals surface area contributed by atoms with Crippen molar-refractivity contribution in [3.05, 3.63) is 29.3 Å². The van der Waals surface area contributed by atoms with E-state index in [1.54, 1.807) is 19.2 Å². The third kappa shape index (κ3) is 1.61. The minimum atomic E-state index is 0.0364. The molecule has 0 aromatic heterocycles. The fraction of sp³-hybridized carbons (Fsp3) is 0.455. The van der Waals surface area contributed by atoms with E-state index in [9.17, 15) is 5.11 Å². The number of hydrogen-bond donors (Lipinski definition) is 2. The summed E-state index contributed by atoms with van der Waals surface area (Å²) in [6.45, 7) is 0. The van der Waals surface area contributed by atoms with Gasteiger partial charge in [0, 0.05) is 19.6 Å². The standard InChI is InChI=1S/C11H15NO2/c1-14-11-6-7-2-3-9(13)4-8(7)5-10(11)12/h2-4,10-11,13H,5-6,12H2,1H3/t10-,11-/m0/s1. The van der Waals surface area contributed by atoms with E-state index in [1.807, 2.05) is 6.07 Å². The molecule has 76 valence electrons. The van der Waals surface area contributed by atoms with Crippen LogP contribution in [-0.2, 0) is 17.6 Å². The highest BCUT2D eigenvalue weighted by Crippen LogP contribution is 2.25. The average Bonchev–Trinajstić information content (AvgIpc) is 2.16. The predicted molar refractivity (Wildman–Crippen MR) is 54.3 cm³/mol. The zero-order valence-electron chi connectivity index (χ0n) is 8.23. The number of rotatable bonds is 1. The van der Waals surface area contributed by atoms with Crippen LogP contribution in [0.15, 0.2) is 18.2 Å². The van der Waals surface area contributed by atoms with Crippen LogP contribution in [0.1, 0.15) is 11.1 Å². The molecule has 2 atom stereocenters. The Kier molecular flexibility index (Phi) is 2.44. The van der Waals surface area contributed by atoms with E-state index >= 15 is 0 Å². The molecule has 0 aliphatic heterocycles. The molecule has 0 heterocycles. The molecule has 0 amide bonds. The lowest BCUT2D eigenvalue weighted by Gasteiger charge is -2.29. The van der Waals surface area contributed by atoms with Crippen molar-refractivity contribution in [1.29, 1.82) is 0 Å². The van der Waals surface area contributed by atoms with Crippen molar-refractivity contribution in [2.75, 3.05) is 7.11 Å². The maximum absolute atomic E-state index is 9.33. The topological polar surface area (TPSA) is 55.5 Å². The Balaban J connectivity index is 2.30. The summed E-state index contributed by atoms with van der Waals surface area (Å²) in [6.07, 6.45) is 1.72. The summed E-state index contributed by atoms with van der Waals surface area (Å²) in [6, 6.07) is 5.49. The van der Waals surface area contributed by atoms with Crippen molar-refractivity contribution in [3.8, 4) is 5.75 Å². The van der Waals surface area contributed by atoms with E-state index in [0.717, 1.165) is 18.4 Å². The molecule has 1 aliphatic carbocycles. The number of methoxy groups -OCH3 is 1. The smallest absolute Gasteiger partial charge is 0.115 e. The van der Waals surface area contributed by atoms with Gasteiger partial charge >= 0.3 is 0 Å². The number of hydrogen-bond acceptors (Lipinski definition) is 3. The molecule has 3 heteroatoms. The molecule has 1 aromatic carbocycles. The van der Waals surface area contributed by atoms with Crippen LogP contribution in [0.25, 0.3) is 0 Å². The Morgan fingerprint density at radius 2 is 2.14 bits per heavy atom. The molecule has 0 saturated carbocycles. The second-order valence-corrected chi connectivity index (χ2v) is 3.80. The van der Waals surface area contributed by atoms with Crippen LogP contribution in [-0.4, -0.2) is 24.4 Å². The lowest BCUT2D eigenvalue weighted by atomic mass is 9.86. The molecule has 0 bridgehead atoms. The van der Waals surface area contributed by atoms with Gasteiger partial charge in [-0.15, -0.1) is 0 Å². The maximum atomic E-state index is 9.33. The predicted octanol–water partition coefficient (Wildman–Crippen LogP) is 0.833. The second kappa shape index (κ2) is 3.59. The van der Waals surface area contributed by atoms with Crippen LogP contribution in [0.2, 0.25) is 0 Å². The first-order valence-corrected chi connectivity index (χ1v) is 4.80. The van der Waals surface area contributed by atoms with Crippen molar-refractivity contribution in [2.24, 2.45) is 5.73 Å². The number of benzene rings is 1. The summed E-state index contributed by atoms with van der Waals surface area (Å²) < 4.78 is 5.30. The Hall–Kier alpha value is -1.06. The van der Waals surface area contributed by atoms with Gasteiger partial charge in [0.2, 0.25) is 0 Å². The summed E-state index contributed by atoms with van der Waals surface area (Å²) in [7, 11) is 1.69. The molecule has 0 fully saturated rings. The number of fused-ring (bicyclic) bond motifs is 1. The quantitative estimate of drug-likeness (QED) is 0.694. The highest BCUT2D eigenvalue weighted by Gasteiger charge is 2.25. The molecule has 0 radical (unpaired) electrons. The summed E-state index contributed by atoms with van der Waals surface area (Å²) in [5.41, 5.74) is 8.32. The number of phenolic OH excluding ortho intramolecular Hbond substituents is 1. The first-order valence-electron chi connectivity index (χ1n) is 4.80. The van der Waals surface area contributed by atoms with Gasteiger partial charge in [0.25, 0.3) is 0 Å². The van der Waals surface area contributed by atoms with Crippen LogP contribution in [0, 0.1) is 0 Å². The molecule has 3 nitrogen and oxygen atoms in total. The van der Waals surface area contributed by atoms with Crippen molar-refractivity contribution in [1.82, 2.24) is 0 Å². The Morgan fingerprint density at radius 1 is 1.36 bits per heavy atom. The van der Waals surface area contributed by atoms with Crippen molar-refractivity contribution in [3.63, 3.8) is 0 Å². The fourth-order valence-electron chi connectivity index (χ4n) is 2.01. The van der Waals surface area contributed by atoms with Crippen molar-refractivity contribution < 1.29 is 9.84 Å². The van der Waals surface area contributed by atoms with Gasteiger partial charge in [0.15, 0.2) is 0 Å². The Bertz CT molecular complexity index is 338. The van der Waals surface area contributed by atoms with Gasteiger partial charge in [-0.3, -0.25) is 0 Å². The second-order valence-electron chi connectivity index (χ2n) is 3.80. The molecule has 0 unspecified atom stereocenters. The van der Waals surface area contributed by atoms with E-state index in [4.69, 9.17) is 10.5 Å². The molecular formula is C11H15NO2. The van der Waals surface area contributed by atoms with E-state index < -0.39 is 0 Å². The number of nitrogens with two attached hydrogens (primary N) is 1. The number of aromatic hydroxyl groups is 1. The molecule has 2 rings (SSSR count). The van der Waals surface area contributed by atoms with Crippen LogP contribution in [0.4, 0.5) is 0 Å². The molecule has 14 heavy (non-hydrogen) atoms. The van der Waals surface area contributed by atoms with E-state index in [2.05, 4.69) is 0 Å². The fourth-order valence-corrected chi connectivity index (χ4v) is 2.01. The number of phenols is 1. The Morgan fingerprint density at radius 3 is 2.86 bits per heavy atom. The molecule has 1 aliphatic rings. The summed E-state index contributed by atoms with van der Waals surface area (Å²) in [4.78, 5) is 0. The van der Waals surface area contributed by atoms with Gasteiger partial charge in [-0.05, 0) is 29.7 Å². The minimum absolute atomic E-state index is 0.0364. The molecular weight excluding hydrogens is 178 g/mol. The van der Waals surface area contributed by atoms with E-state index in [-0.39, 0.29) is 12.1 Å². The van der Waals surface area contributed by atoms with E-state index in [0.29, 0.717) is 5.75 Å². The zero-order valence-corrected chi connectivity index (χ0v) is 8.23. The van der Waals surface area contributed by atoms with Gasteiger partial charge in [-0.25, -0.2) is 0 Å². The first-order chi connectivity index (χ1) is 6.70. The lowest BCUT2D eigenvalue weighted by molar-refractivity contribution is 0.0754. The van der Waals surface area contributed by atoms with Gasteiger partial charge < -0.3 is 15.6 Å². The van der Waals surface area contributed by atoms with Crippen LogP contribution >= 0.6 is 0 Å². The van der Waals surface area contributed by atoms with Crippen LogP contribution in [0.5, 0.6) is 5.75 Å². The monoisotopic (exact) mass is 193 g/mol. The molecule has 0 spiro atoms. The zero-order chi connectivity index (χ0) is 10.1. The SMILES string of the molecule is CO[C@H]1Cc2ccc(O)cc2C[C@@H]1N. The number of ether oxygens (including phenoxy) is 1. The Labute approximate surface area is 83.5 Å². The molecule has 0 saturated heterocycles. The highest BCUT2D eigenvalue weighted by atomic mass is 16.5. The van der Waals surface area contributed by atoms with E-state index in [1.165, 1.54) is 5.56 Å². The van der Waals surface area contributed by atoms with Gasteiger partial charge in [0.1, 0.15) is 5.75 Å². The summed E-state index contributed by atoms with van der Waals surface area (Å²) in [5, 5.41) is 9.33. The average molecular weight is 193 g/mol. The largest absolute Gasteiger partial charge is 0.508 e. The van der Waals surface area contributed by atoms with Crippen molar-refractivity contribution >= 4 is 0 Å². The lowest BCUT2D eigenvalue weighted by Crippen LogP contribution is -2.42. The molecule has 1 aromatic rings. The maximum Gasteiger partial charge on any atom is 0.115 e. The third-order valence-electron chi connectivity index (χ3n) is 2.85. The van der Waals surface area contributed by atoms with Gasteiger partial charge in [-0.2, -0.15) is 0 Å². The van der Waals surface area contributed by atoms with Crippen LogP contribution < -0.4 is 5.73 Å². The molecule has 3 N–H and O–H groups in total. The summed E-state index contributed by atoms with van der Waals surface area (Å²) >= 11 is 0. The summed E-state index contributed by atoms with van der Waals surface area (Å²) in [5.74, 6) is 0.312. The first kappa shape index (κ1) is 9.49. The van der Waals surface area contributed by atoms with Crippen LogP contribution in [0.3, 0.4) is 0 Å². The minimum Gasteiger partial charge on any atom is -0.508 e. The van der Waals surface area contributed by atoms with Gasteiger partial charge in [0.05, 0.1) is 6.10 Å².